The van der Waals surface area contributed by atoms with Crippen LogP contribution in [-0.4, -0.2) is 70.0 Å². The summed E-state index contributed by atoms with van der Waals surface area (Å²) in [6, 6.07) is 118. The molecule has 0 spiro atoms. The summed E-state index contributed by atoms with van der Waals surface area (Å²) < 4.78 is 26.9. The lowest BCUT2D eigenvalue weighted by atomic mass is 10.0. The first kappa shape index (κ1) is 61.6. The summed E-state index contributed by atoms with van der Waals surface area (Å²) in [4.78, 5) is 34.4. The van der Waals surface area contributed by atoms with E-state index in [1.54, 1.807) is 22.7 Å². The van der Waals surface area contributed by atoms with Crippen LogP contribution in [0, 0.1) is 0 Å². The first-order chi connectivity index (χ1) is 56.5. The van der Waals surface area contributed by atoms with Crippen LogP contribution in [0.2, 0.25) is 0 Å². The van der Waals surface area contributed by atoms with Crippen LogP contribution in [0.15, 0.2) is 338 Å². The average molecular weight is 1500 g/mol. The van der Waals surface area contributed by atoms with Gasteiger partial charge in [-0.15, -0.1) is 0 Å². The monoisotopic (exact) mass is 1500 g/mol. The molecule has 12 heterocycles. The highest BCUT2D eigenvalue weighted by molar-refractivity contribution is 7.22. The zero-order valence-electron chi connectivity index (χ0n) is 60.2. The van der Waals surface area contributed by atoms with E-state index in [-0.39, 0.29) is 0 Å². The van der Waals surface area contributed by atoms with Crippen LogP contribution in [0.5, 0.6) is 0 Å². The van der Waals surface area contributed by atoms with Crippen LogP contribution in [0.25, 0.3) is 225 Å². The minimum Gasteiger partial charge on any atom is -0.456 e. The van der Waals surface area contributed by atoms with E-state index in [0.717, 1.165) is 203 Å². The third-order valence-electron chi connectivity index (χ3n) is 23.0. The zero-order valence-corrected chi connectivity index (χ0v) is 61.8. The molecule has 0 bridgehead atoms. The van der Waals surface area contributed by atoms with E-state index in [9.17, 15) is 0 Å². The van der Waals surface area contributed by atoms with E-state index < -0.39 is 0 Å². The van der Waals surface area contributed by atoms with Crippen molar-refractivity contribution < 1.29 is 4.42 Å². The zero-order chi connectivity index (χ0) is 74.1. The lowest BCUT2D eigenvalue weighted by molar-refractivity contribution is 0.669. The predicted octanol–water partition coefficient (Wildman–Crippen LogP) is 24.0. The molecule has 15 aromatic carbocycles. The van der Waals surface area contributed by atoms with Gasteiger partial charge in [0.1, 0.15) is 11.2 Å². The molecule has 0 aliphatic rings. The highest BCUT2D eigenvalue weighted by Gasteiger charge is 2.25. The Hall–Kier alpha value is -15.2. The Morgan fingerprint density at radius 3 is 0.982 bits per heavy atom. The molecule has 0 saturated carbocycles. The van der Waals surface area contributed by atoms with Crippen LogP contribution < -0.4 is 0 Å². The van der Waals surface area contributed by atoms with E-state index in [0.29, 0.717) is 0 Å². The van der Waals surface area contributed by atoms with Gasteiger partial charge in [-0.05, 0) is 204 Å². The minimum atomic E-state index is 0.864. The number of imidazole rings is 8. The molecule has 0 unspecified atom stereocenters. The van der Waals surface area contributed by atoms with Crippen molar-refractivity contribution in [1.82, 2.24) is 70.0 Å². The van der Waals surface area contributed by atoms with E-state index in [1.807, 2.05) is 36.4 Å². The molecule has 532 valence electrons. The molecule has 0 atom stereocenters. The van der Waals surface area contributed by atoms with E-state index in [1.165, 1.54) is 21.8 Å². The van der Waals surface area contributed by atoms with Crippen molar-refractivity contribution in [3.63, 3.8) is 0 Å². The Bertz CT molecular complexity index is 8930. The molecule has 0 saturated heterocycles. The van der Waals surface area contributed by atoms with Crippen molar-refractivity contribution in [1.29, 1.82) is 0 Å². The summed E-state index contributed by atoms with van der Waals surface area (Å²) in [5.41, 5.74) is 32.5. The summed E-state index contributed by atoms with van der Waals surface area (Å²) >= 11 is 3.22. The topological polar surface area (TPSA) is 132 Å². The van der Waals surface area contributed by atoms with Gasteiger partial charge in [0.15, 0.2) is 19.8 Å². The molecule has 0 radical (unpaired) electrons. The Balaban J connectivity index is 0.000000126. The molecular formula is C96H55N15OS2. The fraction of sp³-hybridized carbons (Fsp3) is 0. The number of nitrogens with zero attached hydrogens (tertiary/aromatic N) is 15. The SMILES string of the molecule is c1ccc(-n2c3ccccc3c3cc(-n4c5ccc(-c6ccc7c(c6)n6c(nc8ccccc86)sc6nc8ccccc8n67)cc5n5c6ccccc6nc45)ccc32)cc1.c1ccc2c(c1)nc1sc3nc4ccccc4n3c3cc(-c4ccc5c(c4)n4c6ccccc6nc4n5-c4ccc5oc6ccccc6c5c4)ccc3n12. The van der Waals surface area contributed by atoms with Crippen molar-refractivity contribution in [2.75, 3.05) is 0 Å². The number of hydrogen-bond acceptors (Lipinski definition) is 9. The molecule has 16 nitrogen and oxygen atoms in total. The fourth-order valence-corrected chi connectivity index (χ4v) is 20.1. The second-order valence-electron chi connectivity index (χ2n) is 29.2. The van der Waals surface area contributed by atoms with Gasteiger partial charge < -0.3 is 8.98 Å². The minimum absolute atomic E-state index is 0.864. The summed E-state index contributed by atoms with van der Waals surface area (Å²) in [5, 5.41) is 4.60. The first-order valence-electron chi connectivity index (χ1n) is 37.9. The van der Waals surface area contributed by atoms with Gasteiger partial charge in [-0.1, -0.05) is 174 Å². The standard InChI is InChI=1S/C51H30N8S.C45H25N7OS/c1-2-12-33(13-3-1)55-40-18-8-4-14-35(40)36-30-34(24-27-41(36)55)56-45-25-22-31(28-47(45)57-42-19-9-5-15-37(42)52-49(56)57)32-23-26-46-48(29-32)59-44-21-11-7-17-39(44)54-51(59)60-50-53-38-16-6-10-20-43(38)58(46)50;1-8-16-41-29(9-1)30-25-28(19-22-42(30)53-41)49-37-20-17-26(23-39(37)50-34-13-5-2-10-31(34)46-43(49)50)27-18-21-38-40(24-27)52-36-15-7-4-12-33(36)48-45(52)54-44-47-32-11-3-6-14-35(32)51(38)44/h1-30H;1-25H. The maximum absolute atomic E-state index is 6.19. The third-order valence-corrected chi connectivity index (χ3v) is 24.8. The molecule has 0 fully saturated rings. The van der Waals surface area contributed by atoms with Gasteiger partial charge >= 0.3 is 0 Å². The molecule has 0 aliphatic carbocycles. The van der Waals surface area contributed by atoms with Gasteiger partial charge in [0.2, 0.25) is 11.6 Å². The van der Waals surface area contributed by atoms with Crippen molar-refractivity contribution in [2.24, 2.45) is 0 Å². The number of fused-ring (bicyclic) bond motifs is 34. The highest BCUT2D eigenvalue weighted by Crippen LogP contribution is 2.42. The molecule has 27 aromatic rings. The van der Waals surface area contributed by atoms with Gasteiger partial charge in [0.25, 0.3) is 0 Å². The van der Waals surface area contributed by atoms with Gasteiger partial charge in [-0.25, -0.2) is 29.9 Å². The van der Waals surface area contributed by atoms with E-state index in [2.05, 4.69) is 337 Å². The fourth-order valence-electron chi connectivity index (χ4n) is 18.0. The molecule has 0 aliphatic heterocycles. The Morgan fingerprint density at radius 2 is 0.518 bits per heavy atom. The summed E-state index contributed by atoms with van der Waals surface area (Å²) in [6.07, 6.45) is 0. The van der Waals surface area contributed by atoms with Crippen molar-refractivity contribution >= 4 is 208 Å². The van der Waals surface area contributed by atoms with Crippen LogP contribution in [0.3, 0.4) is 0 Å². The number of rotatable bonds is 5. The quantitative estimate of drug-likeness (QED) is 0.168. The second-order valence-corrected chi connectivity index (χ2v) is 31.1. The molecule has 0 N–H and O–H groups in total. The average Bonchev–Trinajstić information content (AvgIpc) is 1.53. The number of hydrogen-bond donors (Lipinski definition) is 0. The number of aromatic nitrogens is 15. The lowest BCUT2D eigenvalue weighted by Crippen LogP contribution is -1.96. The first-order valence-corrected chi connectivity index (χ1v) is 39.5. The van der Waals surface area contributed by atoms with E-state index >= 15 is 0 Å². The van der Waals surface area contributed by atoms with Crippen LogP contribution >= 0.6 is 22.7 Å². The number of furan rings is 1. The molecular weight excluding hydrogens is 1440 g/mol. The Labute approximate surface area is 651 Å². The van der Waals surface area contributed by atoms with Crippen LogP contribution in [0.4, 0.5) is 0 Å². The second kappa shape index (κ2) is 23.2. The van der Waals surface area contributed by atoms with E-state index in [4.69, 9.17) is 34.3 Å². The molecule has 114 heavy (non-hydrogen) atoms. The lowest BCUT2D eigenvalue weighted by Gasteiger charge is -2.10. The van der Waals surface area contributed by atoms with Crippen molar-refractivity contribution in [3.05, 3.63) is 334 Å². The normalized spacial score (nSPS) is 12.4. The third kappa shape index (κ3) is 8.73. The maximum Gasteiger partial charge on any atom is 0.220 e. The number of para-hydroxylation sites is 15. The van der Waals surface area contributed by atoms with Gasteiger partial charge in [-0.2, -0.15) is 0 Å². The highest BCUT2D eigenvalue weighted by atomic mass is 32.1. The predicted molar refractivity (Wildman–Crippen MR) is 465 cm³/mol. The van der Waals surface area contributed by atoms with Crippen molar-refractivity contribution in [2.45, 2.75) is 0 Å². The summed E-state index contributed by atoms with van der Waals surface area (Å²) in [7, 11) is 0. The van der Waals surface area contributed by atoms with Gasteiger partial charge in [-0.3, -0.25) is 35.5 Å². The molecule has 27 rings (SSSR count). The molecule has 12 aromatic heterocycles. The molecule has 0 amide bonds. The smallest absolute Gasteiger partial charge is 0.220 e. The maximum atomic E-state index is 6.19. The Kier molecular flexibility index (Phi) is 12.5. The molecule has 18 heteroatoms. The largest absolute Gasteiger partial charge is 0.456 e. The van der Waals surface area contributed by atoms with Crippen LogP contribution in [-0.2, 0) is 0 Å². The summed E-state index contributed by atoms with van der Waals surface area (Å²) in [5.74, 6) is 1.74. The van der Waals surface area contributed by atoms with Gasteiger partial charge in [0.05, 0.1) is 127 Å². The summed E-state index contributed by atoms with van der Waals surface area (Å²) in [6.45, 7) is 0. The number of benzene rings is 15. The Morgan fingerprint density at radius 1 is 0.193 bits per heavy atom. The van der Waals surface area contributed by atoms with Crippen LogP contribution in [0.1, 0.15) is 0 Å². The van der Waals surface area contributed by atoms with Crippen molar-refractivity contribution in [3.8, 4) is 39.3 Å². The van der Waals surface area contributed by atoms with Gasteiger partial charge in [0, 0.05) is 32.9 Å².